The summed E-state index contributed by atoms with van der Waals surface area (Å²) >= 11 is 0. The van der Waals surface area contributed by atoms with E-state index in [1.807, 2.05) is 30.3 Å². The molecule has 21 heavy (non-hydrogen) atoms. The molecule has 0 saturated heterocycles. The van der Waals surface area contributed by atoms with Crippen molar-refractivity contribution in [2.75, 3.05) is 6.54 Å². The first-order valence-corrected chi connectivity index (χ1v) is 6.69. The zero-order chi connectivity index (χ0) is 15.2. The van der Waals surface area contributed by atoms with Crippen LogP contribution in [0.2, 0.25) is 0 Å². The molecule has 0 aromatic heterocycles. The summed E-state index contributed by atoms with van der Waals surface area (Å²) in [5.41, 5.74) is 0.838. The number of carboxylic acids is 1. The fraction of sp³-hybridized carbons (Fsp3) is 0.400. The lowest BCUT2D eigenvalue weighted by Crippen LogP contribution is -2.49. The summed E-state index contributed by atoms with van der Waals surface area (Å²) < 4.78 is 5.16. The standard InChI is InChI=1S/C15H16N2O4/c16-8-12-6-13(7-12)17(9-14(18)19)15(20)21-10-11-4-2-1-3-5-11/h1-5,12-13H,6-7,9-10H2,(H,18,19). The van der Waals surface area contributed by atoms with E-state index in [0.29, 0.717) is 12.8 Å². The molecule has 0 bridgehead atoms. The number of carboxylic acid groups (broad SMARTS) is 1. The average molecular weight is 288 g/mol. The van der Waals surface area contributed by atoms with E-state index in [4.69, 9.17) is 15.1 Å². The minimum Gasteiger partial charge on any atom is -0.480 e. The number of carbonyl (C=O) groups is 2. The minimum absolute atomic E-state index is 0.101. The second-order valence-electron chi connectivity index (χ2n) is 5.01. The van der Waals surface area contributed by atoms with Crippen LogP contribution in [0.4, 0.5) is 4.79 Å². The summed E-state index contributed by atoms with van der Waals surface area (Å²) in [5.74, 6) is -1.19. The third-order valence-corrected chi connectivity index (χ3v) is 3.48. The number of hydrogen-bond acceptors (Lipinski definition) is 4. The number of rotatable bonds is 5. The lowest BCUT2D eigenvalue weighted by Gasteiger charge is -2.38. The van der Waals surface area contributed by atoms with Crippen LogP contribution < -0.4 is 0 Å². The SMILES string of the molecule is N#CC1CC(N(CC(=O)O)C(=O)OCc2ccccc2)C1. The van der Waals surface area contributed by atoms with E-state index in [1.165, 1.54) is 4.90 Å². The highest BCUT2D eigenvalue weighted by Crippen LogP contribution is 2.31. The Morgan fingerprint density at radius 2 is 2.00 bits per heavy atom. The van der Waals surface area contributed by atoms with Crippen LogP contribution in [0, 0.1) is 17.2 Å². The van der Waals surface area contributed by atoms with Crippen LogP contribution in [0.25, 0.3) is 0 Å². The van der Waals surface area contributed by atoms with Crippen molar-refractivity contribution in [3.05, 3.63) is 35.9 Å². The molecule has 0 atom stereocenters. The van der Waals surface area contributed by atoms with Crippen LogP contribution in [-0.2, 0) is 16.1 Å². The number of nitrogens with zero attached hydrogens (tertiary/aromatic N) is 2. The molecule has 110 valence electrons. The van der Waals surface area contributed by atoms with Crippen molar-refractivity contribution in [2.24, 2.45) is 5.92 Å². The van der Waals surface area contributed by atoms with Gasteiger partial charge in [0.1, 0.15) is 13.2 Å². The van der Waals surface area contributed by atoms with Gasteiger partial charge in [0, 0.05) is 6.04 Å². The van der Waals surface area contributed by atoms with Gasteiger partial charge in [0.25, 0.3) is 0 Å². The predicted molar refractivity (Wildman–Crippen MR) is 73.1 cm³/mol. The molecule has 0 unspecified atom stereocenters. The summed E-state index contributed by atoms with van der Waals surface area (Å²) in [6.07, 6.45) is 0.358. The Labute approximate surface area is 122 Å². The lowest BCUT2D eigenvalue weighted by molar-refractivity contribution is -0.139. The fourth-order valence-electron chi connectivity index (χ4n) is 2.24. The summed E-state index contributed by atoms with van der Waals surface area (Å²) in [5, 5.41) is 17.7. The zero-order valence-corrected chi connectivity index (χ0v) is 11.4. The first kappa shape index (κ1) is 14.9. The maximum Gasteiger partial charge on any atom is 0.410 e. The molecule has 1 aromatic carbocycles. The van der Waals surface area contributed by atoms with Crippen molar-refractivity contribution in [1.82, 2.24) is 4.90 Å². The van der Waals surface area contributed by atoms with Gasteiger partial charge in [0.2, 0.25) is 0 Å². The third kappa shape index (κ3) is 3.96. The topological polar surface area (TPSA) is 90.6 Å². The predicted octanol–water partition coefficient (Wildman–Crippen LogP) is 2.01. The van der Waals surface area contributed by atoms with Gasteiger partial charge in [-0.2, -0.15) is 5.26 Å². The van der Waals surface area contributed by atoms with E-state index in [2.05, 4.69) is 6.07 Å². The van der Waals surface area contributed by atoms with Gasteiger partial charge in [0.05, 0.1) is 12.0 Å². The van der Waals surface area contributed by atoms with Crippen molar-refractivity contribution >= 4 is 12.1 Å². The van der Waals surface area contributed by atoms with Gasteiger partial charge in [-0.3, -0.25) is 9.69 Å². The number of aliphatic carboxylic acids is 1. The van der Waals surface area contributed by atoms with Gasteiger partial charge >= 0.3 is 12.1 Å². The van der Waals surface area contributed by atoms with E-state index in [-0.39, 0.29) is 18.6 Å². The van der Waals surface area contributed by atoms with Crippen molar-refractivity contribution in [3.8, 4) is 6.07 Å². The summed E-state index contributed by atoms with van der Waals surface area (Å²) in [4.78, 5) is 24.1. The molecule has 0 spiro atoms. The van der Waals surface area contributed by atoms with Crippen LogP contribution in [0.15, 0.2) is 30.3 Å². The largest absolute Gasteiger partial charge is 0.480 e. The maximum absolute atomic E-state index is 12.0. The van der Waals surface area contributed by atoms with E-state index in [0.717, 1.165) is 5.56 Å². The first-order chi connectivity index (χ1) is 10.1. The molecule has 0 aliphatic heterocycles. The Hall–Kier alpha value is -2.55. The molecule has 1 aromatic rings. The molecule has 1 aliphatic rings. The van der Waals surface area contributed by atoms with Gasteiger partial charge in [-0.1, -0.05) is 30.3 Å². The fourth-order valence-corrected chi connectivity index (χ4v) is 2.24. The van der Waals surface area contributed by atoms with Gasteiger partial charge in [0.15, 0.2) is 0 Å². The van der Waals surface area contributed by atoms with Crippen molar-refractivity contribution < 1.29 is 19.4 Å². The second kappa shape index (κ2) is 6.75. The Morgan fingerprint density at radius 3 is 2.57 bits per heavy atom. The van der Waals surface area contributed by atoms with E-state index < -0.39 is 18.6 Å². The summed E-state index contributed by atoms with van der Waals surface area (Å²) in [6, 6.07) is 11.1. The molecule has 6 nitrogen and oxygen atoms in total. The second-order valence-corrected chi connectivity index (χ2v) is 5.01. The average Bonchev–Trinajstić information content (AvgIpc) is 2.43. The van der Waals surface area contributed by atoms with Gasteiger partial charge in [-0.15, -0.1) is 0 Å². The van der Waals surface area contributed by atoms with Gasteiger partial charge < -0.3 is 9.84 Å². The van der Waals surface area contributed by atoms with E-state index in [1.54, 1.807) is 0 Å². The summed E-state index contributed by atoms with van der Waals surface area (Å²) in [7, 11) is 0. The number of benzene rings is 1. The monoisotopic (exact) mass is 288 g/mol. The van der Waals surface area contributed by atoms with Crippen LogP contribution in [0.3, 0.4) is 0 Å². The van der Waals surface area contributed by atoms with E-state index >= 15 is 0 Å². The molecule has 1 aliphatic carbocycles. The number of ether oxygens (including phenoxy) is 1. The molecule has 1 amide bonds. The van der Waals surface area contributed by atoms with Crippen LogP contribution in [0.5, 0.6) is 0 Å². The van der Waals surface area contributed by atoms with Crippen LogP contribution >= 0.6 is 0 Å². The molecule has 6 heteroatoms. The van der Waals surface area contributed by atoms with Crippen LogP contribution in [0.1, 0.15) is 18.4 Å². The van der Waals surface area contributed by atoms with Gasteiger partial charge in [-0.25, -0.2) is 4.79 Å². The quantitative estimate of drug-likeness (QED) is 0.895. The lowest BCUT2D eigenvalue weighted by atomic mass is 9.80. The number of nitriles is 1. The Balaban J connectivity index is 1.92. The van der Waals surface area contributed by atoms with Crippen molar-refractivity contribution in [3.63, 3.8) is 0 Å². The molecule has 1 N–H and O–H groups in total. The van der Waals surface area contributed by atoms with Gasteiger partial charge in [-0.05, 0) is 18.4 Å². The zero-order valence-electron chi connectivity index (χ0n) is 11.4. The first-order valence-electron chi connectivity index (χ1n) is 6.69. The highest BCUT2D eigenvalue weighted by atomic mass is 16.6. The molecule has 1 fully saturated rings. The minimum atomic E-state index is -1.09. The van der Waals surface area contributed by atoms with E-state index in [9.17, 15) is 9.59 Å². The molecule has 0 heterocycles. The molecule has 0 radical (unpaired) electrons. The Bertz CT molecular complexity index is 547. The third-order valence-electron chi connectivity index (χ3n) is 3.48. The normalized spacial score (nSPS) is 20.0. The number of amides is 1. The Kier molecular flexibility index (Phi) is 4.77. The maximum atomic E-state index is 12.0. The smallest absolute Gasteiger partial charge is 0.410 e. The number of hydrogen-bond donors (Lipinski definition) is 1. The molecular weight excluding hydrogens is 272 g/mol. The Morgan fingerprint density at radius 1 is 1.33 bits per heavy atom. The van der Waals surface area contributed by atoms with Crippen LogP contribution in [-0.4, -0.2) is 34.7 Å². The highest BCUT2D eigenvalue weighted by molar-refractivity contribution is 5.77. The van der Waals surface area contributed by atoms with Crippen molar-refractivity contribution in [2.45, 2.75) is 25.5 Å². The highest BCUT2D eigenvalue weighted by Gasteiger charge is 2.37. The number of carbonyl (C=O) groups excluding carboxylic acids is 1. The molecular formula is C15H16N2O4. The summed E-state index contributed by atoms with van der Waals surface area (Å²) in [6.45, 7) is -0.305. The molecule has 1 saturated carbocycles. The van der Waals surface area contributed by atoms with Crippen molar-refractivity contribution in [1.29, 1.82) is 5.26 Å². The molecule has 2 rings (SSSR count).